The summed E-state index contributed by atoms with van der Waals surface area (Å²) in [5, 5.41) is 6.41. The van der Waals surface area contributed by atoms with Crippen molar-refractivity contribution >= 4 is 5.91 Å². The van der Waals surface area contributed by atoms with Crippen molar-refractivity contribution in [3.05, 3.63) is 0 Å². The van der Waals surface area contributed by atoms with Gasteiger partial charge in [0.15, 0.2) is 0 Å². The van der Waals surface area contributed by atoms with Crippen LogP contribution in [0.15, 0.2) is 0 Å². The average molecular weight is 254 g/mol. The second-order valence-corrected chi connectivity index (χ2v) is 5.52. The zero-order valence-corrected chi connectivity index (χ0v) is 11.2. The molecular weight excluding hydrogens is 228 g/mol. The highest BCUT2D eigenvalue weighted by Gasteiger charge is 2.17. The molecule has 2 fully saturated rings. The predicted octanol–water partition coefficient (Wildman–Crippen LogP) is 1.59. The fourth-order valence-electron chi connectivity index (χ4n) is 2.85. The molecule has 2 N–H and O–H groups in total. The fourth-order valence-corrected chi connectivity index (χ4v) is 2.85. The Labute approximate surface area is 110 Å². The van der Waals surface area contributed by atoms with E-state index in [-0.39, 0.29) is 18.6 Å². The van der Waals surface area contributed by atoms with Gasteiger partial charge in [-0.3, -0.25) is 4.79 Å². The van der Waals surface area contributed by atoms with E-state index in [1.54, 1.807) is 0 Å². The Morgan fingerprint density at radius 2 is 1.72 bits per heavy atom. The zero-order chi connectivity index (χ0) is 12.6. The summed E-state index contributed by atoms with van der Waals surface area (Å²) in [7, 11) is 0. The average Bonchev–Trinajstić information content (AvgIpc) is 2.66. The topological polar surface area (TPSA) is 50.4 Å². The first-order valence-corrected chi connectivity index (χ1v) is 7.46. The molecule has 0 spiro atoms. The maximum absolute atomic E-state index is 11.8. The van der Waals surface area contributed by atoms with Crippen LogP contribution in [-0.2, 0) is 9.53 Å². The molecule has 0 radical (unpaired) electrons. The third-order valence-corrected chi connectivity index (χ3v) is 3.96. The van der Waals surface area contributed by atoms with Crippen LogP contribution in [0.1, 0.15) is 51.4 Å². The standard InChI is InChI=1S/C14H26N2O2/c17-14(11-18-13-7-9-15-10-8-13)16-12-5-3-1-2-4-6-12/h12-13,15H,1-11H2,(H,16,17). The Morgan fingerprint density at radius 1 is 1.06 bits per heavy atom. The Morgan fingerprint density at radius 3 is 2.39 bits per heavy atom. The SMILES string of the molecule is O=C(COC1CCNCC1)NC1CCCCCC1. The van der Waals surface area contributed by atoms with Crippen LogP contribution in [0.2, 0.25) is 0 Å². The highest BCUT2D eigenvalue weighted by Crippen LogP contribution is 2.17. The number of rotatable bonds is 4. The van der Waals surface area contributed by atoms with Gasteiger partial charge in [-0.05, 0) is 38.8 Å². The van der Waals surface area contributed by atoms with Crippen molar-refractivity contribution < 1.29 is 9.53 Å². The number of carbonyl (C=O) groups excluding carboxylic acids is 1. The molecule has 1 saturated carbocycles. The van der Waals surface area contributed by atoms with Crippen molar-refractivity contribution in [3.63, 3.8) is 0 Å². The molecule has 0 bridgehead atoms. The number of nitrogens with one attached hydrogen (secondary N) is 2. The molecule has 1 aliphatic heterocycles. The molecule has 0 aromatic heterocycles. The first kappa shape index (κ1) is 13.8. The highest BCUT2D eigenvalue weighted by molar-refractivity contribution is 5.77. The number of amides is 1. The van der Waals surface area contributed by atoms with Gasteiger partial charge in [0.05, 0.1) is 6.10 Å². The van der Waals surface area contributed by atoms with Gasteiger partial charge in [0.2, 0.25) is 5.91 Å². The van der Waals surface area contributed by atoms with E-state index in [4.69, 9.17) is 4.74 Å². The zero-order valence-electron chi connectivity index (χ0n) is 11.2. The predicted molar refractivity (Wildman–Crippen MR) is 71.5 cm³/mol. The maximum atomic E-state index is 11.8. The van der Waals surface area contributed by atoms with Crippen LogP contribution in [0.3, 0.4) is 0 Å². The summed E-state index contributed by atoms with van der Waals surface area (Å²) in [6.45, 7) is 2.25. The summed E-state index contributed by atoms with van der Waals surface area (Å²) in [5.74, 6) is 0.0698. The van der Waals surface area contributed by atoms with E-state index < -0.39 is 0 Å². The molecule has 2 aliphatic rings. The lowest BCUT2D eigenvalue weighted by Crippen LogP contribution is -2.39. The van der Waals surface area contributed by atoms with Crippen molar-refractivity contribution in [1.82, 2.24) is 10.6 Å². The summed E-state index contributed by atoms with van der Waals surface area (Å²) in [5.41, 5.74) is 0. The Balaban J connectivity index is 1.61. The molecule has 4 heteroatoms. The van der Waals surface area contributed by atoms with Crippen molar-refractivity contribution in [1.29, 1.82) is 0 Å². The normalized spacial score (nSPS) is 23.6. The molecule has 0 atom stereocenters. The molecule has 2 rings (SSSR count). The first-order chi connectivity index (χ1) is 8.84. The van der Waals surface area contributed by atoms with Crippen molar-refractivity contribution in [3.8, 4) is 0 Å². The van der Waals surface area contributed by atoms with Gasteiger partial charge in [-0.2, -0.15) is 0 Å². The summed E-state index contributed by atoms with van der Waals surface area (Å²) in [6.07, 6.45) is 9.73. The molecule has 0 aromatic carbocycles. The van der Waals surface area contributed by atoms with Gasteiger partial charge in [-0.15, -0.1) is 0 Å². The molecule has 1 heterocycles. The first-order valence-electron chi connectivity index (χ1n) is 7.46. The summed E-state index contributed by atoms with van der Waals surface area (Å²) in [4.78, 5) is 11.8. The van der Waals surface area contributed by atoms with Gasteiger partial charge in [0, 0.05) is 6.04 Å². The van der Waals surface area contributed by atoms with E-state index in [2.05, 4.69) is 10.6 Å². The van der Waals surface area contributed by atoms with Crippen LogP contribution in [0.4, 0.5) is 0 Å². The molecule has 4 nitrogen and oxygen atoms in total. The largest absolute Gasteiger partial charge is 0.368 e. The van der Waals surface area contributed by atoms with Crippen LogP contribution >= 0.6 is 0 Å². The highest BCUT2D eigenvalue weighted by atomic mass is 16.5. The lowest BCUT2D eigenvalue weighted by molar-refractivity contribution is -0.129. The van der Waals surface area contributed by atoms with E-state index >= 15 is 0 Å². The minimum atomic E-state index is 0.0698. The van der Waals surface area contributed by atoms with Crippen molar-refractivity contribution in [2.24, 2.45) is 0 Å². The second-order valence-electron chi connectivity index (χ2n) is 5.52. The molecule has 0 aromatic rings. The number of ether oxygens (including phenoxy) is 1. The van der Waals surface area contributed by atoms with E-state index in [0.717, 1.165) is 38.8 Å². The van der Waals surface area contributed by atoms with Gasteiger partial charge in [-0.1, -0.05) is 25.7 Å². The summed E-state index contributed by atoms with van der Waals surface area (Å²) >= 11 is 0. The molecular formula is C14H26N2O2. The van der Waals surface area contributed by atoms with Gasteiger partial charge >= 0.3 is 0 Å². The molecule has 1 amide bonds. The number of piperidine rings is 1. The number of hydrogen-bond acceptors (Lipinski definition) is 3. The summed E-state index contributed by atoms with van der Waals surface area (Å²) < 4.78 is 5.67. The van der Waals surface area contributed by atoms with E-state index in [0.29, 0.717) is 6.04 Å². The van der Waals surface area contributed by atoms with Crippen LogP contribution in [-0.4, -0.2) is 37.7 Å². The van der Waals surface area contributed by atoms with Crippen LogP contribution < -0.4 is 10.6 Å². The van der Waals surface area contributed by atoms with Crippen LogP contribution in [0.25, 0.3) is 0 Å². The molecule has 1 aliphatic carbocycles. The Kier molecular flexibility index (Phi) is 5.94. The van der Waals surface area contributed by atoms with Gasteiger partial charge < -0.3 is 15.4 Å². The minimum Gasteiger partial charge on any atom is -0.368 e. The van der Waals surface area contributed by atoms with Crippen molar-refractivity contribution in [2.45, 2.75) is 63.5 Å². The number of hydrogen-bond donors (Lipinski definition) is 2. The lowest BCUT2D eigenvalue weighted by atomic mass is 10.1. The quantitative estimate of drug-likeness (QED) is 0.749. The monoisotopic (exact) mass is 254 g/mol. The maximum Gasteiger partial charge on any atom is 0.246 e. The number of carbonyl (C=O) groups is 1. The third kappa shape index (κ3) is 4.94. The smallest absolute Gasteiger partial charge is 0.246 e. The van der Waals surface area contributed by atoms with E-state index in [1.807, 2.05) is 0 Å². The Bertz CT molecular complexity index is 244. The Hall–Kier alpha value is -0.610. The third-order valence-electron chi connectivity index (χ3n) is 3.96. The molecule has 0 unspecified atom stereocenters. The van der Waals surface area contributed by atoms with E-state index in [9.17, 15) is 4.79 Å². The van der Waals surface area contributed by atoms with Crippen LogP contribution in [0.5, 0.6) is 0 Å². The lowest BCUT2D eigenvalue weighted by Gasteiger charge is -2.23. The van der Waals surface area contributed by atoms with Gasteiger partial charge in [0.1, 0.15) is 6.61 Å². The second kappa shape index (κ2) is 7.74. The van der Waals surface area contributed by atoms with Gasteiger partial charge in [-0.25, -0.2) is 0 Å². The summed E-state index contributed by atoms with van der Waals surface area (Å²) in [6, 6.07) is 0.386. The molecule has 18 heavy (non-hydrogen) atoms. The minimum absolute atomic E-state index is 0.0698. The van der Waals surface area contributed by atoms with Crippen molar-refractivity contribution in [2.75, 3.05) is 19.7 Å². The van der Waals surface area contributed by atoms with Crippen LogP contribution in [0, 0.1) is 0 Å². The van der Waals surface area contributed by atoms with E-state index in [1.165, 1.54) is 25.7 Å². The van der Waals surface area contributed by atoms with Gasteiger partial charge in [0.25, 0.3) is 0 Å². The fraction of sp³-hybridized carbons (Fsp3) is 0.929. The molecule has 104 valence electrons. The molecule has 1 saturated heterocycles.